The van der Waals surface area contributed by atoms with Crippen molar-refractivity contribution in [3.8, 4) is 11.5 Å². The molecule has 0 radical (unpaired) electrons. The first-order valence-electron chi connectivity index (χ1n) is 5.36. The summed E-state index contributed by atoms with van der Waals surface area (Å²) in [5.74, 6) is -1.05. The van der Waals surface area contributed by atoms with E-state index in [1.54, 1.807) is 0 Å². The quantitative estimate of drug-likeness (QED) is 0.838. The minimum atomic E-state index is -4.63. The number of nitrogens with one attached hydrogen (secondary N) is 1. The van der Waals surface area contributed by atoms with Gasteiger partial charge in [0.15, 0.2) is 5.78 Å². The van der Waals surface area contributed by atoms with Crippen LogP contribution < -0.4 is 14.8 Å². The van der Waals surface area contributed by atoms with Gasteiger partial charge in [0.25, 0.3) is 0 Å². The van der Waals surface area contributed by atoms with Gasteiger partial charge in [0.1, 0.15) is 17.1 Å². The van der Waals surface area contributed by atoms with Crippen molar-refractivity contribution in [1.82, 2.24) is 5.32 Å². The van der Waals surface area contributed by atoms with Gasteiger partial charge in [-0.1, -0.05) is 0 Å². The Balaban J connectivity index is 3.48. The molecule has 0 bridgehead atoms. The standard InChI is InChI=1S/C12H14F3NO3/c1-16-6-10(17)8-4-7(18-2)5-9(11(8)19-3)12(13,14)15/h4-5,16H,6H2,1-3H3. The molecule has 0 fully saturated rings. The number of alkyl halides is 3. The number of rotatable bonds is 5. The van der Waals surface area contributed by atoms with Crippen LogP contribution in [0.1, 0.15) is 15.9 Å². The first-order valence-corrected chi connectivity index (χ1v) is 5.36. The van der Waals surface area contributed by atoms with E-state index in [-0.39, 0.29) is 17.9 Å². The number of carbonyl (C=O) groups excluding carboxylic acids is 1. The molecule has 19 heavy (non-hydrogen) atoms. The Morgan fingerprint density at radius 2 is 1.89 bits per heavy atom. The SMILES string of the molecule is CNCC(=O)c1cc(OC)cc(C(F)(F)F)c1OC. The minimum absolute atomic E-state index is 0.0485. The van der Waals surface area contributed by atoms with Crippen LogP contribution in [0.4, 0.5) is 13.2 Å². The second-order valence-electron chi connectivity index (χ2n) is 3.71. The molecule has 0 aromatic heterocycles. The van der Waals surface area contributed by atoms with Gasteiger partial charge >= 0.3 is 6.18 Å². The van der Waals surface area contributed by atoms with Crippen LogP contribution in [0, 0.1) is 0 Å². The van der Waals surface area contributed by atoms with Gasteiger partial charge in [-0.2, -0.15) is 13.2 Å². The second kappa shape index (κ2) is 5.92. The molecule has 0 unspecified atom stereocenters. The van der Waals surface area contributed by atoms with Gasteiger partial charge in [-0.15, -0.1) is 0 Å². The lowest BCUT2D eigenvalue weighted by molar-refractivity contribution is -0.138. The Morgan fingerprint density at radius 1 is 1.26 bits per heavy atom. The van der Waals surface area contributed by atoms with Crippen molar-refractivity contribution < 1.29 is 27.4 Å². The van der Waals surface area contributed by atoms with Crippen LogP contribution >= 0.6 is 0 Å². The fourth-order valence-electron chi connectivity index (χ4n) is 1.61. The van der Waals surface area contributed by atoms with Crippen LogP contribution in [0.5, 0.6) is 11.5 Å². The summed E-state index contributed by atoms with van der Waals surface area (Å²) in [6.45, 7) is -0.0964. The van der Waals surface area contributed by atoms with Gasteiger partial charge in [-0.25, -0.2) is 0 Å². The summed E-state index contributed by atoms with van der Waals surface area (Å²) in [5.41, 5.74) is -1.20. The first kappa shape index (κ1) is 15.3. The molecule has 106 valence electrons. The molecule has 1 N–H and O–H groups in total. The van der Waals surface area contributed by atoms with Crippen LogP contribution in [0.2, 0.25) is 0 Å². The lowest BCUT2D eigenvalue weighted by Gasteiger charge is -2.16. The van der Waals surface area contributed by atoms with Crippen LogP contribution in [0.15, 0.2) is 12.1 Å². The fraction of sp³-hybridized carbons (Fsp3) is 0.417. The number of Topliss-reactive ketones (excluding diaryl/α,β-unsaturated/α-hetero) is 1. The summed E-state index contributed by atoms with van der Waals surface area (Å²) in [7, 11) is 3.84. The number of hydrogen-bond acceptors (Lipinski definition) is 4. The first-order chi connectivity index (χ1) is 8.85. The molecule has 0 saturated carbocycles. The van der Waals surface area contributed by atoms with Crippen molar-refractivity contribution in [3.63, 3.8) is 0 Å². The lowest BCUT2D eigenvalue weighted by atomic mass is 10.0. The second-order valence-corrected chi connectivity index (χ2v) is 3.71. The molecule has 1 aromatic rings. The van der Waals surface area contributed by atoms with E-state index in [0.29, 0.717) is 0 Å². The Kier molecular flexibility index (Phi) is 4.77. The monoisotopic (exact) mass is 277 g/mol. The highest BCUT2D eigenvalue weighted by atomic mass is 19.4. The molecule has 4 nitrogen and oxygen atoms in total. The molecule has 0 amide bonds. The summed E-state index contributed by atoms with van der Waals surface area (Å²) < 4.78 is 48.3. The maximum absolute atomic E-state index is 12.9. The maximum atomic E-state index is 12.9. The Labute approximate surface area is 108 Å². The van der Waals surface area contributed by atoms with Gasteiger partial charge in [-0.05, 0) is 19.2 Å². The summed E-state index contributed by atoms with van der Waals surface area (Å²) in [4.78, 5) is 11.8. The third kappa shape index (κ3) is 3.37. The topological polar surface area (TPSA) is 47.6 Å². The molecule has 0 atom stereocenters. The lowest BCUT2D eigenvalue weighted by Crippen LogP contribution is -2.20. The van der Waals surface area contributed by atoms with Gasteiger partial charge in [0, 0.05) is 0 Å². The smallest absolute Gasteiger partial charge is 0.420 e. The van der Waals surface area contributed by atoms with Crippen molar-refractivity contribution >= 4 is 5.78 Å². The fourth-order valence-corrected chi connectivity index (χ4v) is 1.61. The summed E-state index contributed by atoms with van der Waals surface area (Å²) in [6.07, 6.45) is -4.63. The Hall–Kier alpha value is -1.76. The summed E-state index contributed by atoms with van der Waals surface area (Å²) >= 11 is 0. The van der Waals surface area contributed by atoms with Crippen LogP contribution in [0.25, 0.3) is 0 Å². The average Bonchev–Trinajstić information content (AvgIpc) is 2.36. The summed E-state index contributed by atoms with van der Waals surface area (Å²) in [5, 5.41) is 2.59. The number of benzene rings is 1. The van der Waals surface area contributed by atoms with Crippen LogP contribution in [-0.4, -0.2) is 33.6 Å². The molecule has 7 heteroatoms. The van der Waals surface area contributed by atoms with Crippen LogP contribution in [0.3, 0.4) is 0 Å². The Bertz CT molecular complexity index is 472. The number of likely N-dealkylation sites (N-methyl/N-ethyl adjacent to an activating group) is 1. The third-order valence-electron chi connectivity index (χ3n) is 2.45. The van der Waals surface area contributed by atoms with Crippen molar-refractivity contribution in [2.45, 2.75) is 6.18 Å². The third-order valence-corrected chi connectivity index (χ3v) is 2.45. The van der Waals surface area contributed by atoms with E-state index < -0.39 is 23.3 Å². The molecule has 0 aliphatic carbocycles. The number of ether oxygens (including phenoxy) is 2. The van der Waals surface area contributed by atoms with Crippen molar-refractivity contribution in [1.29, 1.82) is 0 Å². The highest BCUT2D eigenvalue weighted by Crippen LogP contribution is 2.40. The van der Waals surface area contributed by atoms with E-state index in [2.05, 4.69) is 5.32 Å². The van der Waals surface area contributed by atoms with Gasteiger partial charge in [0.05, 0.1) is 26.3 Å². The molecule has 0 heterocycles. The number of methoxy groups -OCH3 is 2. The van der Waals surface area contributed by atoms with E-state index in [1.807, 2.05) is 0 Å². The number of halogens is 3. The van der Waals surface area contributed by atoms with Gasteiger partial charge in [0.2, 0.25) is 0 Å². The number of hydrogen-bond donors (Lipinski definition) is 1. The van der Waals surface area contributed by atoms with Crippen LogP contribution in [-0.2, 0) is 6.18 Å². The molecule has 1 aromatic carbocycles. The number of carbonyl (C=O) groups is 1. The summed E-state index contributed by atoms with van der Waals surface area (Å²) in [6, 6.07) is 2.03. The molecule has 0 aliphatic heterocycles. The molecule has 0 saturated heterocycles. The highest BCUT2D eigenvalue weighted by molar-refractivity contribution is 6.01. The van der Waals surface area contributed by atoms with E-state index in [0.717, 1.165) is 13.2 Å². The van der Waals surface area contributed by atoms with Crippen molar-refractivity contribution in [2.24, 2.45) is 0 Å². The van der Waals surface area contributed by atoms with Gasteiger partial charge < -0.3 is 14.8 Å². The highest BCUT2D eigenvalue weighted by Gasteiger charge is 2.37. The van der Waals surface area contributed by atoms with E-state index in [1.165, 1.54) is 20.2 Å². The minimum Gasteiger partial charge on any atom is -0.497 e. The Morgan fingerprint density at radius 3 is 2.32 bits per heavy atom. The zero-order chi connectivity index (χ0) is 14.6. The molecular formula is C12H14F3NO3. The van der Waals surface area contributed by atoms with Crippen molar-refractivity contribution in [3.05, 3.63) is 23.3 Å². The van der Waals surface area contributed by atoms with Gasteiger partial charge in [-0.3, -0.25) is 4.79 Å². The van der Waals surface area contributed by atoms with E-state index in [4.69, 9.17) is 9.47 Å². The van der Waals surface area contributed by atoms with E-state index >= 15 is 0 Å². The molecule has 1 rings (SSSR count). The zero-order valence-corrected chi connectivity index (χ0v) is 10.7. The predicted octanol–water partition coefficient (Wildman–Crippen LogP) is 2.12. The normalized spacial score (nSPS) is 11.3. The van der Waals surface area contributed by atoms with E-state index in [9.17, 15) is 18.0 Å². The predicted molar refractivity (Wildman–Crippen MR) is 62.8 cm³/mol. The largest absolute Gasteiger partial charge is 0.497 e. The number of ketones is 1. The molecular weight excluding hydrogens is 263 g/mol. The zero-order valence-electron chi connectivity index (χ0n) is 10.7. The maximum Gasteiger partial charge on any atom is 0.420 e. The average molecular weight is 277 g/mol. The van der Waals surface area contributed by atoms with Crippen molar-refractivity contribution in [2.75, 3.05) is 27.8 Å². The molecule has 0 spiro atoms. The molecule has 0 aliphatic rings.